The zero-order valence-corrected chi connectivity index (χ0v) is 17.7. The number of Topliss-reactive ketones (excluding diaryl/α,β-unsaturated/α-hetero) is 1. The quantitative estimate of drug-likeness (QED) is 0.445. The van der Waals surface area contributed by atoms with Gasteiger partial charge in [0.05, 0.1) is 10.7 Å². The van der Waals surface area contributed by atoms with Gasteiger partial charge >= 0.3 is 0 Å². The number of hydrogen-bond acceptors (Lipinski definition) is 4. The van der Waals surface area contributed by atoms with E-state index in [2.05, 4.69) is 4.90 Å². The number of ketones is 1. The van der Waals surface area contributed by atoms with Gasteiger partial charge in [0.25, 0.3) is 0 Å². The molecule has 1 saturated heterocycles. The molecule has 1 unspecified atom stereocenters. The van der Waals surface area contributed by atoms with Crippen molar-refractivity contribution in [3.8, 4) is 11.3 Å². The average molecular weight is 427 g/mol. The molecule has 1 aliphatic heterocycles. The van der Waals surface area contributed by atoms with Crippen LogP contribution in [0, 0.1) is 18.6 Å². The second-order valence-electron chi connectivity index (χ2n) is 7.77. The smallest absolute Gasteiger partial charge is 0.162 e. The minimum atomic E-state index is -0.326. The van der Waals surface area contributed by atoms with Crippen molar-refractivity contribution in [3.63, 3.8) is 0 Å². The van der Waals surface area contributed by atoms with Gasteiger partial charge in [-0.15, -0.1) is 11.3 Å². The molecule has 4 rings (SSSR count). The van der Waals surface area contributed by atoms with Gasteiger partial charge in [-0.05, 0) is 81.4 Å². The zero-order valence-electron chi connectivity index (χ0n) is 16.9. The van der Waals surface area contributed by atoms with Crippen LogP contribution < -0.4 is 0 Å². The molecule has 0 saturated carbocycles. The molecule has 3 aromatic rings. The highest BCUT2D eigenvalue weighted by atomic mass is 32.1. The van der Waals surface area contributed by atoms with Gasteiger partial charge in [0.1, 0.15) is 11.6 Å². The molecule has 0 N–H and O–H groups in total. The summed E-state index contributed by atoms with van der Waals surface area (Å²) in [5.74, 6) is -0.103. The first-order chi connectivity index (χ1) is 14.5. The number of rotatable bonds is 7. The first-order valence-corrected chi connectivity index (χ1v) is 11.1. The summed E-state index contributed by atoms with van der Waals surface area (Å²) in [6, 6.07) is 12.3. The Bertz CT molecular complexity index is 1010. The SMILES string of the molecule is Cc1nc(-c2ccc(F)cc2)c(C2CCN(CCCC(=O)c3ccc(F)cc3)C2)s1. The Labute approximate surface area is 179 Å². The third-order valence-electron chi connectivity index (χ3n) is 5.57. The fraction of sp³-hybridized carbons (Fsp3) is 0.333. The van der Waals surface area contributed by atoms with Crippen LogP contribution in [0.25, 0.3) is 11.3 Å². The van der Waals surface area contributed by atoms with Crippen molar-refractivity contribution < 1.29 is 13.6 Å². The first-order valence-electron chi connectivity index (χ1n) is 10.2. The van der Waals surface area contributed by atoms with Crippen LogP contribution in [-0.4, -0.2) is 35.3 Å². The van der Waals surface area contributed by atoms with E-state index in [-0.39, 0.29) is 17.4 Å². The minimum Gasteiger partial charge on any atom is -0.303 e. The van der Waals surface area contributed by atoms with Gasteiger partial charge in [-0.1, -0.05) is 0 Å². The number of hydrogen-bond donors (Lipinski definition) is 0. The van der Waals surface area contributed by atoms with Crippen LogP contribution in [0.4, 0.5) is 8.78 Å². The Kier molecular flexibility index (Phi) is 6.35. The summed E-state index contributed by atoms with van der Waals surface area (Å²) in [5.41, 5.74) is 2.50. The van der Waals surface area contributed by atoms with E-state index in [4.69, 9.17) is 4.98 Å². The number of thiazole rings is 1. The second-order valence-corrected chi connectivity index (χ2v) is 9.01. The fourth-order valence-corrected chi connectivity index (χ4v) is 5.10. The van der Waals surface area contributed by atoms with Gasteiger partial charge in [0, 0.05) is 34.9 Å². The van der Waals surface area contributed by atoms with Gasteiger partial charge < -0.3 is 4.90 Å². The third kappa shape index (κ3) is 4.82. The second kappa shape index (κ2) is 9.14. The van der Waals surface area contributed by atoms with Gasteiger partial charge in [-0.2, -0.15) is 0 Å². The van der Waals surface area contributed by atoms with Gasteiger partial charge in [0.15, 0.2) is 5.78 Å². The number of carbonyl (C=O) groups excluding carboxylic acids is 1. The van der Waals surface area contributed by atoms with E-state index in [1.165, 1.54) is 29.1 Å². The van der Waals surface area contributed by atoms with Gasteiger partial charge in [-0.3, -0.25) is 4.79 Å². The molecule has 2 aromatic carbocycles. The van der Waals surface area contributed by atoms with Crippen LogP contribution in [0.15, 0.2) is 48.5 Å². The highest BCUT2D eigenvalue weighted by Crippen LogP contribution is 2.38. The summed E-state index contributed by atoms with van der Waals surface area (Å²) in [4.78, 5) is 20.6. The van der Waals surface area contributed by atoms with Crippen LogP contribution in [0.3, 0.4) is 0 Å². The molecule has 0 amide bonds. The molecule has 0 aliphatic carbocycles. The first kappa shape index (κ1) is 20.8. The van der Waals surface area contributed by atoms with Crippen molar-refractivity contribution >= 4 is 17.1 Å². The van der Waals surface area contributed by atoms with E-state index in [1.54, 1.807) is 35.6 Å². The monoisotopic (exact) mass is 426 g/mol. The number of nitrogens with zero attached hydrogens (tertiary/aromatic N) is 2. The molecular formula is C24H24F2N2OS. The maximum absolute atomic E-state index is 13.3. The molecule has 2 heterocycles. The van der Waals surface area contributed by atoms with E-state index in [9.17, 15) is 13.6 Å². The lowest BCUT2D eigenvalue weighted by Gasteiger charge is -2.15. The van der Waals surface area contributed by atoms with Crippen molar-refractivity contribution in [1.29, 1.82) is 0 Å². The minimum absolute atomic E-state index is 0.0578. The number of carbonyl (C=O) groups is 1. The van der Waals surface area contributed by atoms with E-state index in [0.717, 1.165) is 48.7 Å². The molecule has 1 atom stereocenters. The Morgan fingerprint density at radius 3 is 2.47 bits per heavy atom. The highest BCUT2D eigenvalue weighted by Gasteiger charge is 2.28. The number of aromatic nitrogens is 1. The largest absolute Gasteiger partial charge is 0.303 e. The van der Waals surface area contributed by atoms with Crippen molar-refractivity contribution in [2.45, 2.75) is 32.1 Å². The molecule has 156 valence electrons. The summed E-state index contributed by atoms with van der Waals surface area (Å²) in [6.07, 6.45) is 2.31. The van der Waals surface area contributed by atoms with Crippen LogP contribution >= 0.6 is 11.3 Å². The van der Waals surface area contributed by atoms with E-state index >= 15 is 0 Å². The van der Waals surface area contributed by atoms with Crippen molar-refractivity contribution in [2.24, 2.45) is 0 Å². The average Bonchev–Trinajstić information content (AvgIpc) is 3.35. The van der Waals surface area contributed by atoms with Gasteiger partial charge in [0.2, 0.25) is 0 Å². The molecule has 30 heavy (non-hydrogen) atoms. The number of likely N-dealkylation sites (tertiary alicyclic amines) is 1. The summed E-state index contributed by atoms with van der Waals surface area (Å²) >= 11 is 1.72. The Balaban J connectivity index is 1.34. The van der Waals surface area contributed by atoms with E-state index < -0.39 is 0 Å². The number of benzene rings is 2. The normalized spacial score (nSPS) is 16.8. The van der Waals surface area contributed by atoms with Crippen LogP contribution in [-0.2, 0) is 0 Å². The topological polar surface area (TPSA) is 33.2 Å². The molecular weight excluding hydrogens is 402 g/mol. The molecule has 6 heteroatoms. The van der Waals surface area contributed by atoms with Crippen LogP contribution in [0.2, 0.25) is 0 Å². The van der Waals surface area contributed by atoms with Gasteiger partial charge in [-0.25, -0.2) is 13.8 Å². The lowest BCUT2D eigenvalue weighted by molar-refractivity contribution is 0.0976. The number of halogens is 2. The molecule has 0 bridgehead atoms. The Hall–Kier alpha value is -2.44. The van der Waals surface area contributed by atoms with Crippen LogP contribution in [0.1, 0.15) is 45.4 Å². The lowest BCUT2D eigenvalue weighted by Crippen LogP contribution is -2.22. The fourth-order valence-electron chi connectivity index (χ4n) is 4.03. The molecule has 1 aromatic heterocycles. The maximum Gasteiger partial charge on any atom is 0.162 e. The summed E-state index contributed by atoms with van der Waals surface area (Å²) < 4.78 is 26.3. The lowest BCUT2D eigenvalue weighted by atomic mass is 10.0. The summed E-state index contributed by atoms with van der Waals surface area (Å²) in [7, 11) is 0. The summed E-state index contributed by atoms with van der Waals surface area (Å²) in [5, 5.41) is 1.02. The van der Waals surface area contributed by atoms with E-state index in [1.807, 2.05) is 6.92 Å². The molecule has 1 fully saturated rings. The van der Waals surface area contributed by atoms with Crippen molar-refractivity contribution in [1.82, 2.24) is 9.88 Å². The predicted molar refractivity (Wildman–Crippen MR) is 116 cm³/mol. The van der Waals surface area contributed by atoms with E-state index in [0.29, 0.717) is 17.9 Å². The molecule has 0 spiro atoms. The number of aryl methyl sites for hydroxylation is 1. The molecule has 3 nitrogen and oxygen atoms in total. The Morgan fingerprint density at radius 1 is 1.10 bits per heavy atom. The third-order valence-corrected chi connectivity index (χ3v) is 6.70. The summed E-state index contributed by atoms with van der Waals surface area (Å²) in [6.45, 7) is 4.82. The Morgan fingerprint density at radius 2 is 1.77 bits per heavy atom. The van der Waals surface area contributed by atoms with Crippen molar-refractivity contribution in [2.75, 3.05) is 19.6 Å². The molecule has 1 aliphatic rings. The zero-order chi connectivity index (χ0) is 21.1. The van der Waals surface area contributed by atoms with Crippen molar-refractivity contribution in [3.05, 3.63) is 75.6 Å². The standard InChI is InChI=1S/C24H24F2N2OS/c1-16-27-23(18-6-10-21(26)11-7-18)24(30-16)19-12-14-28(15-19)13-2-3-22(29)17-4-8-20(25)9-5-17/h4-11,19H,2-3,12-15H2,1H3. The highest BCUT2D eigenvalue weighted by molar-refractivity contribution is 7.12. The molecule has 0 radical (unpaired) electrons. The predicted octanol–water partition coefficient (Wildman–Crippen LogP) is 5.85. The van der Waals surface area contributed by atoms with Crippen LogP contribution in [0.5, 0.6) is 0 Å². The maximum atomic E-state index is 13.3.